The first-order chi connectivity index (χ1) is 12.6. The van der Waals surface area contributed by atoms with Gasteiger partial charge in [0.15, 0.2) is 11.5 Å². The molecule has 1 N–H and O–H groups in total. The number of benzene rings is 3. The van der Waals surface area contributed by atoms with Crippen molar-refractivity contribution >= 4 is 21.4 Å². The summed E-state index contributed by atoms with van der Waals surface area (Å²) in [6.45, 7) is 4.11. The number of methoxy groups -OCH3 is 1. The van der Waals surface area contributed by atoms with E-state index in [1.54, 1.807) is 18.4 Å². The lowest BCUT2D eigenvalue weighted by Gasteiger charge is -2.12. The Morgan fingerprint density at radius 1 is 0.885 bits per heavy atom. The molecule has 0 radical (unpaired) electrons. The van der Waals surface area contributed by atoms with Crippen LogP contribution in [0.4, 0.5) is 0 Å². The smallest absolute Gasteiger partial charge is 0.166 e. The van der Waals surface area contributed by atoms with Crippen molar-refractivity contribution in [2.24, 2.45) is 0 Å². The highest BCUT2D eigenvalue weighted by Gasteiger charge is 2.20. The second-order valence-electron chi connectivity index (χ2n) is 6.53. The second kappa shape index (κ2) is 6.50. The molecule has 4 aromatic rings. The number of fused-ring (bicyclic) bond motifs is 1. The molecule has 0 bridgehead atoms. The number of ether oxygens (including phenoxy) is 1. The largest absolute Gasteiger partial charge is 0.504 e. The molecule has 0 atom stereocenters. The fourth-order valence-corrected chi connectivity index (χ4v) is 4.56. The molecule has 0 aliphatic rings. The molecule has 0 spiro atoms. The van der Waals surface area contributed by atoms with Gasteiger partial charge in [-0.25, -0.2) is 0 Å². The Bertz CT molecular complexity index is 1090. The molecule has 0 amide bonds. The molecule has 0 unspecified atom stereocenters. The van der Waals surface area contributed by atoms with Gasteiger partial charge in [0.1, 0.15) is 0 Å². The van der Waals surface area contributed by atoms with Crippen LogP contribution in [-0.2, 0) is 0 Å². The Hall–Kier alpha value is -2.78. The van der Waals surface area contributed by atoms with E-state index in [1.165, 1.54) is 15.6 Å². The maximum absolute atomic E-state index is 10.8. The minimum Gasteiger partial charge on any atom is -0.504 e. The van der Waals surface area contributed by atoms with Crippen molar-refractivity contribution in [3.8, 4) is 33.1 Å². The van der Waals surface area contributed by atoms with Crippen molar-refractivity contribution in [1.29, 1.82) is 0 Å². The maximum atomic E-state index is 10.8. The third-order valence-corrected chi connectivity index (χ3v) is 5.82. The van der Waals surface area contributed by atoms with Crippen LogP contribution in [0.15, 0.2) is 60.7 Å². The summed E-state index contributed by atoms with van der Waals surface area (Å²) in [7, 11) is 1.59. The maximum Gasteiger partial charge on any atom is 0.166 e. The molecule has 3 aromatic carbocycles. The van der Waals surface area contributed by atoms with Gasteiger partial charge in [0.05, 0.1) is 7.11 Å². The molecule has 0 saturated carbocycles. The molecule has 4 rings (SSSR count). The van der Waals surface area contributed by atoms with Crippen molar-refractivity contribution in [1.82, 2.24) is 0 Å². The van der Waals surface area contributed by atoms with E-state index in [4.69, 9.17) is 4.74 Å². The number of hydrogen-bond donors (Lipinski definition) is 1. The van der Waals surface area contributed by atoms with E-state index < -0.39 is 0 Å². The van der Waals surface area contributed by atoms with Crippen molar-refractivity contribution in [3.05, 3.63) is 71.8 Å². The summed E-state index contributed by atoms with van der Waals surface area (Å²) < 4.78 is 6.58. The quantitative estimate of drug-likeness (QED) is 0.448. The molecular weight excluding hydrogens is 340 g/mol. The standard InChI is InChI=1S/C23H20O2S/c1-14-8-10-16(11-9-14)21-17-6-4-5-7-20(17)26-23(21)18-12-15(2)13-19(25-3)22(18)24/h4-13,24H,1-3H3. The summed E-state index contributed by atoms with van der Waals surface area (Å²) in [6.07, 6.45) is 0. The van der Waals surface area contributed by atoms with Crippen LogP contribution in [0.1, 0.15) is 11.1 Å². The molecule has 0 aliphatic carbocycles. The van der Waals surface area contributed by atoms with Crippen LogP contribution in [0.2, 0.25) is 0 Å². The van der Waals surface area contributed by atoms with E-state index in [-0.39, 0.29) is 5.75 Å². The zero-order valence-electron chi connectivity index (χ0n) is 15.0. The first-order valence-corrected chi connectivity index (χ1v) is 9.36. The minimum absolute atomic E-state index is 0.193. The Kier molecular flexibility index (Phi) is 4.17. The molecule has 1 heterocycles. The number of thiophene rings is 1. The molecule has 130 valence electrons. The highest BCUT2D eigenvalue weighted by atomic mass is 32.1. The number of rotatable bonds is 3. The molecule has 26 heavy (non-hydrogen) atoms. The topological polar surface area (TPSA) is 29.5 Å². The van der Waals surface area contributed by atoms with E-state index in [9.17, 15) is 5.11 Å². The van der Waals surface area contributed by atoms with E-state index in [0.717, 1.165) is 27.1 Å². The van der Waals surface area contributed by atoms with Gasteiger partial charge in [-0.2, -0.15) is 0 Å². The SMILES string of the molecule is COc1cc(C)cc(-c2sc3ccccc3c2-c2ccc(C)cc2)c1O. The lowest BCUT2D eigenvalue weighted by Crippen LogP contribution is -1.89. The van der Waals surface area contributed by atoms with Crippen LogP contribution in [0.25, 0.3) is 31.7 Å². The minimum atomic E-state index is 0.193. The number of aromatic hydroxyl groups is 1. The third kappa shape index (κ3) is 2.74. The molecule has 0 aliphatic heterocycles. The highest BCUT2D eigenvalue weighted by Crippen LogP contribution is 2.49. The lowest BCUT2D eigenvalue weighted by atomic mass is 9.97. The molecule has 3 heteroatoms. The fourth-order valence-electron chi connectivity index (χ4n) is 3.32. The molecule has 0 saturated heterocycles. The predicted octanol–water partition coefficient (Wildman–Crippen LogP) is 6.57. The summed E-state index contributed by atoms with van der Waals surface area (Å²) in [6, 6.07) is 20.8. The Morgan fingerprint density at radius 3 is 2.35 bits per heavy atom. The van der Waals surface area contributed by atoms with Crippen molar-refractivity contribution in [2.75, 3.05) is 7.11 Å². The lowest BCUT2D eigenvalue weighted by molar-refractivity contribution is 0.374. The molecule has 2 nitrogen and oxygen atoms in total. The Labute approximate surface area is 157 Å². The number of aryl methyl sites for hydroxylation is 2. The third-order valence-electron chi connectivity index (χ3n) is 4.62. The van der Waals surface area contributed by atoms with Crippen LogP contribution < -0.4 is 4.74 Å². The Morgan fingerprint density at radius 2 is 1.62 bits per heavy atom. The van der Waals surface area contributed by atoms with Gasteiger partial charge in [-0.15, -0.1) is 11.3 Å². The number of phenolic OH excluding ortho intramolecular Hbond substituents is 1. The van der Waals surface area contributed by atoms with E-state index in [0.29, 0.717) is 5.75 Å². The second-order valence-corrected chi connectivity index (χ2v) is 7.58. The van der Waals surface area contributed by atoms with Gasteiger partial charge in [0.2, 0.25) is 0 Å². The summed E-state index contributed by atoms with van der Waals surface area (Å²) in [5, 5.41) is 12.0. The fraction of sp³-hybridized carbons (Fsp3) is 0.130. The monoisotopic (exact) mass is 360 g/mol. The van der Waals surface area contributed by atoms with Gasteiger partial charge in [0, 0.05) is 26.1 Å². The van der Waals surface area contributed by atoms with Crippen molar-refractivity contribution in [3.63, 3.8) is 0 Å². The van der Waals surface area contributed by atoms with Crippen LogP contribution >= 0.6 is 11.3 Å². The summed E-state index contributed by atoms with van der Waals surface area (Å²) in [5.41, 5.74) is 5.42. The first-order valence-electron chi connectivity index (χ1n) is 8.55. The summed E-state index contributed by atoms with van der Waals surface area (Å²) in [5.74, 6) is 0.699. The van der Waals surface area contributed by atoms with Crippen LogP contribution in [0.5, 0.6) is 11.5 Å². The zero-order chi connectivity index (χ0) is 18.3. The van der Waals surface area contributed by atoms with E-state index in [1.807, 2.05) is 19.1 Å². The van der Waals surface area contributed by atoms with Gasteiger partial charge in [0.25, 0.3) is 0 Å². The van der Waals surface area contributed by atoms with Crippen LogP contribution in [0.3, 0.4) is 0 Å². The normalized spacial score (nSPS) is 11.0. The number of hydrogen-bond acceptors (Lipinski definition) is 3. The van der Waals surface area contributed by atoms with E-state index >= 15 is 0 Å². The van der Waals surface area contributed by atoms with Gasteiger partial charge in [-0.3, -0.25) is 0 Å². The Balaban J connectivity index is 2.07. The molecule has 1 aromatic heterocycles. The zero-order valence-corrected chi connectivity index (χ0v) is 15.9. The van der Waals surface area contributed by atoms with Crippen LogP contribution in [0, 0.1) is 13.8 Å². The van der Waals surface area contributed by atoms with Gasteiger partial charge in [-0.05, 0) is 43.2 Å². The first kappa shape index (κ1) is 16.7. The molecule has 0 fully saturated rings. The van der Waals surface area contributed by atoms with Gasteiger partial charge >= 0.3 is 0 Å². The molecular formula is C23H20O2S. The van der Waals surface area contributed by atoms with Crippen molar-refractivity contribution < 1.29 is 9.84 Å². The average molecular weight is 360 g/mol. The average Bonchev–Trinajstić information content (AvgIpc) is 3.03. The van der Waals surface area contributed by atoms with E-state index in [2.05, 4.69) is 55.5 Å². The summed E-state index contributed by atoms with van der Waals surface area (Å²) in [4.78, 5) is 1.06. The van der Waals surface area contributed by atoms with Gasteiger partial charge in [-0.1, -0.05) is 48.0 Å². The van der Waals surface area contributed by atoms with Gasteiger partial charge < -0.3 is 9.84 Å². The number of phenols is 1. The van der Waals surface area contributed by atoms with Crippen molar-refractivity contribution in [2.45, 2.75) is 13.8 Å². The summed E-state index contributed by atoms with van der Waals surface area (Å²) >= 11 is 1.70. The highest BCUT2D eigenvalue weighted by molar-refractivity contribution is 7.23. The predicted molar refractivity (Wildman–Crippen MR) is 110 cm³/mol. The van der Waals surface area contributed by atoms with Crippen LogP contribution in [-0.4, -0.2) is 12.2 Å².